The Morgan fingerprint density at radius 2 is 1.18 bits per heavy atom. The summed E-state index contributed by atoms with van der Waals surface area (Å²) in [5.41, 5.74) is 0.668. The summed E-state index contributed by atoms with van der Waals surface area (Å²) in [6.07, 6.45) is 0. The third-order valence-electron chi connectivity index (χ3n) is 6.06. The van der Waals surface area contributed by atoms with Crippen LogP contribution < -0.4 is 10.6 Å². The number of hydrogen-bond acceptors (Lipinski definition) is 2. The van der Waals surface area contributed by atoms with E-state index in [1.165, 1.54) is 0 Å². The van der Waals surface area contributed by atoms with Gasteiger partial charge in [-0.1, -0.05) is 121 Å². The Balaban J connectivity index is 1.94. The minimum atomic E-state index is -3.38. The van der Waals surface area contributed by atoms with Crippen molar-refractivity contribution in [2.45, 2.75) is 5.66 Å². The van der Waals surface area contributed by atoms with Crippen LogP contribution in [0.15, 0.2) is 121 Å². The number of rotatable bonds is 5. The summed E-state index contributed by atoms with van der Waals surface area (Å²) in [7, 11) is -3.38. The maximum absolute atomic E-state index is 15.5. The molecule has 5 rings (SSSR count). The van der Waals surface area contributed by atoms with Crippen molar-refractivity contribution in [3.8, 4) is 5.75 Å². The van der Waals surface area contributed by atoms with E-state index in [9.17, 15) is 5.11 Å². The average molecular weight is 469 g/mol. The zero-order chi connectivity index (χ0) is 22.8. The van der Waals surface area contributed by atoms with E-state index in [1.807, 2.05) is 115 Å². The van der Waals surface area contributed by atoms with E-state index in [-0.39, 0.29) is 5.75 Å². The van der Waals surface area contributed by atoms with E-state index >= 15 is 4.57 Å². The highest BCUT2D eigenvalue weighted by Gasteiger charge is 2.41. The molecule has 0 aliphatic heterocycles. The van der Waals surface area contributed by atoms with Gasteiger partial charge in [-0.15, -0.1) is 0 Å². The lowest BCUT2D eigenvalue weighted by Gasteiger charge is -2.31. The highest BCUT2D eigenvalue weighted by Crippen LogP contribution is 2.63. The molecule has 1 unspecified atom stereocenters. The van der Waals surface area contributed by atoms with E-state index in [0.717, 1.165) is 16.3 Å². The topological polar surface area (TPSA) is 37.3 Å². The van der Waals surface area contributed by atoms with Crippen molar-refractivity contribution in [1.29, 1.82) is 0 Å². The zero-order valence-corrected chi connectivity index (χ0v) is 19.5. The van der Waals surface area contributed by atoms with Crippen LogP contribution in [0, 0.1) is 0 Å². The summed E-state index contributed by atoms with van der Waals surface area (Å²) in [6, 6.07) is 38.0. The smallest absolute Gasteiger partial charge is 0.154 e. The van der Waals surface area contributed by atoms with Gasteiger partial charge in [-0.2, -0.15) is 0 Å². The lowest BCUT2D eigenvalue weighted by molar-refractivity contribution is 0.469. The van der Waals surface area contributed by atoms with Crippen molar-refractivity contribution in [2.24, 2.45) is 0 Å². The molecule has 2 nitrogen and oxygen atoms in total. The third-order valence-corrected chi connectivity index (χ3v) is 9.80. The Labute approximate surface area is 198 Å². The molecule has 0 radical (unpaired) electrons. The predicted molar refractivity (Wildman–Crippen MR) is 139 cm³/mol. The lowest BCUT2D eigenvalue weighted by atomic mass is 9.97. The van der Waals surface area contributed by atoms with Crippen molar-refractivity contribution < 1.29 is 9.67 Å². The molecule has 0 spiro atoms. The Morgan fingerprint density at radius 3 is 1.82 bits per heavy atom. The lowest BCUT2D eigenvalue weighted by Crippen LogP contribution is -2.22. The van der Waals surface area contributed by atoms with Crippen LogP contribution in [0.4, 0.5) is 0 Å². The third kappa shape index (κ3) is 3.76. The maximum Gasteiger partial charge on any atom is 0.154 e. The van der Waals surface area contributed by atoms with Gasteiger partial charge in [0.1, 0.15) is 5.75 Å². The van der Waals surface area contributed by atoms with Crippen LogP contribution in [0.25, 0.3) is 10.8 Å². The number of aromatic hydroxyl groups is 1. The van der Waals surface area contributed by atoms with Crippen LogP contribution in [0.3, 0.4) is 0 Å². The number of phenolic OH excluding ortho intramolecular Hbond substituents is 1. The monoisotopic (exact) mass is 468 g/mol. The largest absolute Gasteiger partial charge is 0.508 e. The number of hydrogen-bond donors (Lipinski definition) is 1. The van der Waals surface area contributed by atoms with Crippen molar-refractivity contribution in [1.82, 2.24) is 0 Å². The van der Waals surface area contributed by atoms with Gasteiger partial charge in [0.2, 0.25) is 0 Å². The molecule has 0 amide bonds. The molecule has 0 aliphatic rings. The van der Waals surface area contributed by atoms with Gasteiger partial charge < -0.3 is 9.67 Å². The van der Waals surface area contributed by atoms with Crippen LogP contribution in [-0.4, -0.2) is 5.11 Å². The molecule has 162 valence electrons. The molecular weight excluding hydrogens is 447 g/mol. The van der Waals surface area contributed by atoms with Crippen molar-refractivity contribution in [3.05, 3.63) is 137 Å². The van der Waals surface area contributed by atoms with Gasteiger partial charge in [0.15, 0.2) is 7.14 Å². The van der Waals surface area contributed by atoms with Gasteiger partial charge in [-0.05, 0) is 28.5 Å². The average Bonchev–Trinajstić information content (AvgIpc) is 2.87. The van der Waals surface area contributed by atoms with Crippen molar-refractivity contribution >= 4 is 40.1 Å². The normalized spacial score (nSPS) is 12.5. The summed E-state index contributed by atoms with van der Waals surface area (Å²) >= 11 is 6.75. The summed E-state index contributed by atoms with van der Waals surface area (Å²) in [5.74, 6) is 0.103. The van der Waals surface area contributed by atoms with Gasteiger partial charge >= 0.3 is 0 Å². The van der Waals surface area contributed by atoms with Gasteiger partial charge in [0.25, 0.3) is 0 Å². The minimum absolute atomic E-state index is 0.103. The predicted octanol–water partition coefficient (Wildman–Crippen LogP) is 7.30. The standard InChI is InChI=1S/C29H22ClO2P/c30-26-18-10-9-17-25(26)29(28-24-16-8-7-11-21(24)19-20-27(28)31)33(32,22-12-3-1-4-13-22)23-14-5-2-6-15-23/h1-20,29,31H. The molecule has 5 aromatic carbocycles. The second-order valence-corrected chi connectivity index (χ2v) is 11.2. The van der Waals surface area contributed by atoms with Gasteiger partial charge in [-0.25, -0.2) is 0 Å². The second-order valence-electron chi connectivity index (χ2n) is 7.97. The second kappa shape index (κ2) is 8.90. The van der Waals surface area contributed by atoms with Crippen molar-refractivity contribution in [2.75, 3.05) is 0 Å². The molecule has 5 aromatic rings. The summed E-state index contributed by atoms with van der Waals surface area (Å²) < 4.78 is 15.5. The number of halogens is 1. The fourth-order valence-electron chi connectivity index (χ4n) is 4.55. The molecule has 4 heteroatoms. The van der Waals surface area contributed by atoms with Crippen molar-refractivity contribution in [3.63, 3.8) is 0 Å². The molecule has 0 saturated carbocycles. The van der Waals surface area contributed by atoms with Crippen LogP contribution in [0.5, 0.6) is 5.75 Å². The Kier molecular flexibility index (Phi) is 5.81. The molecule has 0 aromatic heterocycles. The molecule has 0 aliphatic carbocycles. The Bertz CT molecular complexity index is 1420. The van der Waals surface area contributed by atoms with E-state index < -0.39 is 12.8 Å². The molecule has 1 atom stereocenters. The minimum Gasteiger partial charge on any atom is -0.508 e. The molecule has 1 N–H and O–H groups in total. The molecule has 0 saturated heterocycles. The molecule has 0 fully saturated rings. The molecular formula is C29H22ClO2P. The van der Waals surface area contributed by atoms with E-state index in [1.54, 1.807) is 6.07 Å². The highest BCUT2D eigenvalue weighted by molar-refractivity contribution is 7.79. The molecule has 0 bridgehead atoms. The number of phenols is 1. The van der Waals surface area contributed by atoms with Crippen LogP contribution in [0.1, 0.15) is 16.8 Å². The Hall–Kier alpha value is -3.32. The summed E-state index contributed by atoms with van der Waals surface area (Å²) in [6.45, 7) is 0. The summed E-state index contributed by atoms with van der Waals surface area (Å²) in [5, 5.41) is 15.0. The fourth-order valence-corrected chi connectivity index (χ4v) is 8.24. The number of benzene rings is 5. The quantitative estimate of drug-likeness (QED) is 0.275. The van der Waals surface area contributed by atoms with E-state index in [2.05, 4.69) is 0 Å². The van der Waals surface area contributed by atoms with E-state index in [0.29, 0.717) is 21.2 Å². The zero-order valence-electron chi connectivity index (χ0n) is 17.8. The van der Waals surface area contributed by atoms with Gasteiger partial charge in [0, 0.05) is 21.2 Å². The number of fused-ring (bicyclic) bond motifs is 1. The first-order valence-corrected chi connectivity index (χ1v) is 12.9. The Morgan fingerprint density at radius 1 is 0.636 bits per heavy atom. The van der Waals surface area contributed by atoms with Gasteiger partial charge in [-0.3, -0.25) is 0 Å². The molecule has 33 heavy (non-hydrogen) atoms. The van der Waals surface area contributed by atoms with Crippen LogP contribution in [-0.2, 0) is 4.57 Å². The maximum atomic E-state index is 15.5. The molecule has 0 heterocycles. The van der Waals surface area contributed by atoms with Crippen LogP contribution >= 0.6 is 18.7 Å². The summed E-state index contributed by atoms with van der Waals surface area (Å²) in [4.78, 5) is 0. The first-order chi connectivity index (χ1) is 16.1. The first kappa shape index (κ1) is 21.5. The fraction of sp³-hybridized carbons (Fsp3) is 0.0345. The van der Waals surface area contributed by atoms with Crippen LogP contribution in [0.2, 0.25) is 5.02 Å². The van der Waals surface area contributed by atoms with E-state index in [4.69, 9.17) is 11.6 Å². The van der Waals surface area contributed by atoms with Gasteiger partial charge in [0.05, 0.1) is 5.66 Å². The SMILES string of the molecule is O=P(c1ccccc1)(c1ccccc1)C(c1ccccc1Cl)c1c(O)ccc2ccccc12. The first-order valence-electron chi connectivity index (χ1n) is 10.8. The highest BCUT2D eigenvalue weighted by atomic mass is 35.5.